The van der Waals surface area contributed by atoms with E-state index >= 15 is 0 Å². The standard InChI is InChI=1S/C20H21N3O4S/c1-14(19(24)21-10-11-26-2)27-20(25)17-13-16(18-9-6-12-28-18)22-23(17)15-7-4-3-5-8-15/h3-9,12-14H,10-11H2,1-2H3,(H,21,24)/t14-/m1/s1. The van der Waals surface area contributed by atoms with E-state index in [0.717, 1.165) is 10.6 Å². The predicted molar refractivity (Wildman–Crippen MR) is 107 cm³/mol. The summed E-state index contributed by atoms with van der Waals surface area (Å²) < 4.78 is 11.8. The molecule has 0 aliphatic rings. The molecule has 8 heteroatoms. The summed E-state index contributed by atoms with van der Waals surface area (Å²) in [6, 6.07) is 14.8. The van der Waals surface area contributed by atoms with E-state index in [1.54, 1.807) is 13.2 Å². The van der Waals surface area contributed by atoms with Gasteiger partial charge in [0, 0.05) is 19.7 Å². The lowest BCUT2D eigenvalue weighted by Crippen LogP contribution is -2.37. The smallest absolute Gasteiger partial charge is 0.357 e. The predicted octanol–water partition coefficient (Wildman–Crippen LogP) is 2.91. The summed E-state index contributed by atoms with van der Waals surface area (Å²) in [7, 11) is 1.55. The number of thiophene rings is 1. The zero-order valence-corrected chi connectivity index (χ0v) is 16.4. The van der Waals surface area contributed by atoms with E-state index in [0.29, 0.717) is 18.8 Å². The molecule has 0 saturated carbocycles. The van der Waals surface area contributed by atoms with Gasteiger partial charge in [0.25, 0.3) is 5.91 Å². The van der Waals surface area contributed by atoms with Crippen LogP contribution < -0.4 is 5.32 Å². The molecule has 2 heterocycles. The minimum absolute atomic E-state index is 0.256. The second kappa shape index (κ2) is 9.29. The van der Waals surface area contributed by atoms with E-state index in [1.165, 1.54) is 22.9 Å². The van der Waals surface area contributed by atoms with Crippen molar-refractivity contribution in [2.45, 2.75) is 13.0 Å². The van der Waals surface area contributed by atoms with Gasteiger partial charge in [0.2, 0.25) is 0 Å². The van der Waals surface area contributed by atoms with Gasteiger partial charge in [-0.25, -0.2) is 9.48 Å². The molecule has 3 aromatic rings. The molecule has 0 saturated heterocycles. The Morgan fingerprint density at radius 3 is 2.68 bits per heavy atom. The summed E-state index contributed by atoms with van der Waals surface area (Å²) in [5.41, 5.74) is 1.66. The number of hydrogen-bond acceptors (Lipinski definition) is 6. The molecule has 0 aliphatic heterocycles. The second-order valence-corrected chi connectivity index (χ2v) is 6.92. The SMILES string of the molecule is COCCNC(=O)[C@@H](C)OC(=O)c1cc(-c2cccs2)nn1-c1ccccc1. The number of nitrogens with zero attached hydrogens (tertiary/aromatic N) is 2. The summed E-state index contributed by atoms with van der Waals surface area (Å²) >= 11 is 1.53. The normalized spacial score (nSPS) is 11.8. The van der Waals surface area contributed by atoms with Crippen molar-refractivity contribution in [3.05, 3.63) is 59.6 Å². The summed E-state index contributed by atoms with van der Waals surface area (Å²) in [5, 5.41) is 9.16. The fourth-order valence-corrected chi connectivity index (χ4v) is 3.21. The van der Waals surface area contributed by atoms with Gasteiger partial charge >= 0.3 is 5.97 Å². The minimum Gasteiger partial charge on any atom is -0.448 e. The average molecular weight is 399 g/mol. The first-order chi connectivity index (χ1) is 13.6. The van der Waals surface area contributed by atoms with Crippen LogP contribution in [0.5, 0.6) is 0 Å². The number of ether oxygens (including phenoxy) is 2. The molecule has 7 nitrogen and oxygen atoms in total. The highest BCUT2D eigenvalue weighted by atomic mass is 32.1. The first-order valence-electron chi connectivity index (χ1n) is 8.77. The summed E-state index contributed by atoms with van der Waals surface area (Å²) in [4.78, 5) is 25.8. The third kappa shape index (κ3) is 4.65. The molecule has 28 heavy (non-hydrogen) atoms. The van der Waals surface area contributed by atoms with Crippen molar-refractivity contribution in [1.82, 2.24) is 15.1 Å². The molecule has 1 aromatic carbocycles. The van der Waals surface area contributed by atoms with E-state index < -0.39 is 12.1 Å². The Morgan fingerprint density at radius 2 is 2.00 bits per heavy atom. The number of carbonyl (C=O) groups excluding carboxylic acids is 2. The van der Waals surface area contributed by atoms with Crippen LogP contribution in [0, 0.1) is 0 Å². The number of amides is 1. The van der Waals surface area contributed by atoms with Crippen molar-refractivity contribution in [1.29, 1.82) is 0 Å². The monoisotopic (exact) mass is 399 g/mol. The fourth-order valence-electron chi connectivity index (χ4n) is 2.53. The highest BCUT2D eigenvalue weighted by Crippen LogP contribution is 2.26. The molecule has 2 aromatic heterocycles. The van der Waals surface area contributed by atoms with Crippen LogP contribution >= 0.6 is 11.3 Å². The highest BCUT2D eigenvalue weighted by molar-refractivity contribution is 7.13. The van der Waals surface area contributed by atoms with Crippen molar-refractivity contribution < 1.29 is 19.1 Å². The van der Waals surface area contributed by atoms with Gasteiger partial charge in [0.1, 0.15) is 5.69 Å². The van der Waals surface area contributed by atoms with Crippen molar-refractivity contribution in [3.63, 3.8) is 0 Å². The molecule has 1 atom stereocenters. The van der Waals surface area contributed by atoms with Crippen LogP contribution in [-0.4, -0.2) is 48.0 Å². The first kappa shape index (κ1) is 19.8. The van der Waals surface area contributed by atoms with Gasteiger partial charge in [0.05, 0.1) is 17.2 Å². The van der Waals surface area contributed by atoms with Gasteiger partial charge in [-0.05, 0) is 30.5 Å². The summed E-state index contributed by atoms with van der Waals surface area (Å²) in [6.07, 6.45) is -0.936. The highest BCUT2D eigenvalue weighted by Gasteiger charge is 2.23. The number of nitrogens with one attached hydrogen (secondary N) is 1. The Bertz CT molecular complexity index is 922. The molecule has 1 N–H and O–H groups in total. The number of para-hydroxylation sites is 1. The fraction of sp³-hybridized carbons (Fsp3) is 0.250. The van der Waals surface area contributed by atoms with Crippen LogP contribution in [-0.2, 0) is 14.3 Å². The Morgan fingerprint density at radius 1 is 1.21 bits per heavy atom. The molecule has 0 radical (unpaired) electrons. The third-order valence-corrected chi connectivity index (χ3v) is 4.84. The lowest BCUT2D eigenvalue weighted by atomic mass is 10.3. The minimum atomic E-state index is -0.936. The van der Waals surface area contributed by atoms with Gasteiger partial charge in [-0.2, -0.15) is 5.10 Å². The van der Waals surface area contributed by atoms with Gasteiger partial charge in [-0.3, -0.25) is 4.79 Å². The van der Waals surface area contributed by atoms with Crippen molar-refractivity contribution in [3.8, 4) is 16.3 Å². The van der Waals surface area contributed by atoms with Crippen molar-refractivity contribution in [2.75, 3.05) is 20.3 Å². The molecule has 0 bridgehead atoms. The third-order valence-electron chi connectivity index (χ3n) is 3.95. The zero-order chi connectivity index (χ0) is 19.9. The first-order valence-corrected chi connectivity index (χ1v) is 9.65. The number of benzene rings is 1. The molecule has 0 fully saturated rings. The van der Waals surface area contributed by atoms with E-state index in [2.05, 4.69) is 10.4 Å². The molecule has 0 unspecified atom stereocenters. The molecular formula is C20H21N3O4S. The number of aromatic nitrogens is 2. The molecule has 0 spiro atoms. The van der Waals surface area contributed by atoms with Gasteiger partial charge in [-0.15, -0.1) is 11.3 Å². The molecule has 3 rings (SSSR count). The maximum Gasteiger partial charge on any atom is 0.357 e. The maximum atomic E-state index is 12.8. The zero-order valence-electron chi connectivity index (χ0n) is 15.6. The van der Waals surface area contributed by atoms with Crippen LogP contribution in [0.3, 0.4) is 0 Å². The van der Waals surface area contributed by atoms with E-state index in [-0.39, 0.29) is 11.6 Å². The van der Waals surface area contributed by atoms with Crippen LogP contribution in [0.4, 0.5) is 0 Å². The molecule has 0 aliphatic carbocycles. The molecular weight excluding hydrogens is 378 g/mol. The Kier molecular flexibility index (Phi) is 6.57. The van der Waals surface area contributed by atoms with Crippen LogP contribution in [0.1, 0.15) is 17.4 Å². The van der Waals surface area contributed by atoms with Crippen LogP contribution in [0.2, 0.25) is 0 Å². The average Bonchev–Trinajstić information content (AvgIpc) is 3.38. The number of carbonyl (C=O) groups is 2. The number of esters is 1. The molecule has 146 valence electrons. The van der Waals surface area contributed by atoms with Crippen molar-refractivity contribution >= 4 is 23.2 Å². The Hall–Kier alpha value is -2.97. The van der Waals surface area contributed by atoms with Gasteiger partial charge in [0.15, 0.2) is 11.8 Å². The van der Waals surface area contributed by atoms with E-state index in [9.17, 15) is 9.59 Å². The quantitative estimate of drug-likeness (QED) is 0.465. The lowest BCUT2D eigenvalue weighted by molar-refractivity contribution is -0.129. The number of rotatable bonds is 8. The lowest BCUT2D eigenvalue weighted by Gasteiger charge is -2.14. The van der Waals surface area contributed by atoms with Crippen LogP contribution in [0.25, 0.3) is 16.3 Å². The number of methoxy groups -OCH3 is 1. The van der Waals surface area contributed by atoms with E-state index in [1.807, 2.05) is 47.8 Å². The summed E-state index contributed by atoms with van der Waals surface area (Å²) in [5.74, 6) is -0.997. The molecule has 1 amide bonds. The second-order valence-electron chi connectivity index (χ2n) is 5.97. The Labute approximate surface area is 166 Å². The Balaban J connectivity index is 1.83. The van der Waals surface area contributed by atoms with Crippen molar-refractivity contribution in [2.24, 2.45) is 0 Å². The van der Waals surface area contributed by atoms with E-state index in [4.69, 9.17) is 9.47 Å². The maximum absolute atomic E-state index is 12.8. The summed E-state index contributed by atoms with van der Waals surface area (Å²) in [6.45, 7) is 2.27. The number of hydrogen-bond donors (Lipinski definition) is 1. The topological polar surface area (TPSA) is 82.4 Å². The largest absolute Gasteiger partial charge is 0.448 e. The van der Waals surface area contributed by atoms with Gasteiger partial charge in [-0.1, -0.05) is 24.3 Å². The van der Waals surface area contributed by atoms with Crippen LogP contribution in [0.15, 0.2) is 53.9 Å². The van der Waals surface area contributed by atoms with Gasteiger partial charge < -0.3 is 14.8 Å².